The SMILES string of the molecule is CCCCc1n[c]nc(CCCC)c1CCCC. The molecule has 0 fully saturated rings. The van der Waals surface area contributed by atoms with Gasteiger partial charge >= 0.3 is 0 Å². The highest BCUT2D eigenvalue weighted by Gasteiger charge is 2.10. The van der Waals surface area contributed by atoms with Gasteiger partial charge in [-0.3, -0.25) is 0 Å². The molecule has 0 aliphatic carbocycles. The van der Waals surface area contributed by atoms with Gasteiger partial charge in [0.1, 0.15) is 0 Å². The maximum Gasteiger partial charge on any atom is 0.198 e. The average Bonchev–Trinajstić information content (AvgIpc) is 2.41. The van der Waals surface area contributed by atoms with E-state index in [0.29, 0.717) is 0 Å². The summed E-state index contributed by atoms with van der Waals surface area (Å²) in [6.45, 7) is 6.70. The van der Waals surface area contributed by atoms with Crippen LogP contribution >= 0.6 is 0 Å². The number of unbranched alkanes of at least 4 members (excludes halogenated alkanes) is 3. The molecule has 0 amide bonds. The molecule has 0 spiro atoms. The highest BCUT2D eigenvalue weighted by molar-refractivity contribution is 5.25. The molecule has 0 atom stereocenters. The predicted molar refractivity (Wildman–Crippen MR) is 76.7 cm³/mol. The van der Waals surface area contributed by atoms with Gasteiger partial charge in [0.2, 0.25) is 0 Å². The van der Waals surface area contributed by atoms with Crippen molar-refractivity contribution in [1.29, 1.82) is 0 Å². The second-order valence-corrected chi connectivity index (χ2v) is 5.01. The lowest BCUT2D eigenvalue weighted by Crippen LogP contribution is -2.06. The minimum absolute atomic E-state index is 1.09. The Morgan fingerprint density at radius 3 is 1.61 bits per heavy atom. The summed E-state index contributed by atoms with van der Waals surface area (Å²) in [6, 6.07) is 0. The third-order valence-corrected chi connectivity index (χ3v) is 3.38. The molecule has 1 rings (SSSR count). The van der Waals surface area contributed by atoms with Gasteiger partial charge in [0.15, 0.2) is 6.33 Å². The van der Waals surface area contributed by atoms with Crippen molar-refractivity contribution in [2.24, 2.45) is 0 Å². The molecule has 1 aromatic rings. The summed E-state index contributed by atoms with van der Waals surface area (Å²) in [5.74, 6) is 0. The summed E-state index contributed by atoms with van der Waals surface area (Å²) in [6.07, 6.45) is 13.6. The Kier molecular flexibility index (Phi) is 7.63. The van der Waals surface area contributed by atoms with Crippen molar-refractivity contribution in [1.82, 2.24) is 9.97 Å². The maximum absolute atomic E-state index is 4.40. The first-order valence-corrected chi connectivity index (χ1v) is 7.58. The Hall–Kier alpha value is -0.920. The molecule has 1 radical (unpaired) electrons. The molecular weight excluding hydrogens is 220 g/mol. The lowest BCUT2D eigenvalue weighted by molar-refractivity contribution is 0.701. The van der Waals surface area contributed by atoms with E-state index in [1.165, 1.54) is 55.5 Å². The fourth-order valence-electron chi connectivity index (χ4n) is 2.19. The highest BCUT2D eigenvalue weighted by Crippen LogP contribution is 2.17. The van der Waals surface area contributed by atoms with E-state index in [-0.39, 0.29) is 0 Å². The molecule has 0 bridgehead atoms. The number of hydrogen-bond acceptors (Lipinski definition) is 2. The molecule has 101 valence electrons. The normalized spacial score (nSPS) is 10.8. The van der Waals surface area contributed by atoms with E-state index in [1.807, 2.05) is 0 Å². The van der Waals surface area contributed by atoms with E-state index in [4.69, 9.17) is 0 Å². The molecule has 2 nitrogen and oxygen atoms in total. The lowest BCUT2D eigenvalue weighted by atomic mass is 9.99. The van der Waals surface area contributed by atoms with Gasteiger partial charge in [0.05, 0.1) is 0 Å². The third kappa shape index (κ3) is 4.75. The van der Waals surface area contributed by atoms with E-state index >= 15 is 0 Å². The minimum Gasteiger partial charge on any atom is -0.230 e. The quantitative estimate of drug-likeness (QED) is 0.650. The molecular formula is C16H27N2. The van der Waals surface area contributed by atoms with Gasteiger partial charge in [-0.1, -0.05) is 40.0 Å². The second-order valence-electron chi connectivity index (χ2n) is 5.01. The summed E-state index contributed by atoms with van der Waals surface area (Å²) in [7, 11) is 0. The Balaban J connectivity index is 2.85. The van der Waals surface area contributed by atoms with E-state index in [2.05, 4.69) is 37.1 Å². The van der Waals surface area contributed by atoms with Crippen LogP contribution in [-0.4, -0.2) is 9.97 Å². The van der Waals surface area contributed by atoms with Gasteiger partial charge < -0.3 is 0 Å². The molecule has 0 aliphatic heterocycles. The maximum atomic E-state index is 4.40. The molecule has 2 heteroatoms. The Bertz CT molecular complexity index is 308. The highest BCUT2D eigenvalue weighted by atomic mass is 14.8. The van der Waals surface area contributed by atoms with Gasteiger partial charge in [-0.2, -0.15) is 0 Å². The average molecular weight is 247 g/mol. The number of rotatable bonds is 9. The van der Waals surface area contributed by atoms with Crippen LogP contribution in [-0.2, 0) is 19.3 Å². The molecule has 1 heterocycles. The van der Waals surface area contributed by atoms with Crippen LogP contribution in [0.4, 0.5) is 0 Å². The first-order chi connectivity index (χ1) is 8.83. The van der Waals surface area contributed by atoms with E-state index in [9.17, 15) is 0 Å². The summed E-state index contributed by atoms with van der Waals surface area (Å²) in [5.41, 5.74) is 3.94. The van der Waals surface area contributed by atoms with E-state index < -0.39 is 0 Å². The largest absolute Gasteiger partial charge is 0.230 e. The van der Waals surface area contributed by atoms with Crippen molar-refractivity contribution in [2.75, 3.05) is 0 Å². The summed E-state index contributed by atoms with van der Waals surface area (Å²) in [5, 5.41) is 0. The zero-order valence-electron chi connectivity index (χ0n) is 12.3. The lowest BCUT2D eigenvalue weighted by Gasteiger charge is -2.12. The van der Waals surface area contributed by atoms with Crippen LogP contribution in [0.25, 0.3) is 0 Å². The third-order valence-electron chi connectivity index (χ3n) is 3.38. The Labute approximate surface area is 112 Å². The van der Waals surface area contributed by atoms with Crippen molar-refractivity contribution < 1.29 is 0 Å². The molecule has 0 aromatic carbocycles. The number of aromatic nitrogens is 2. The molecule has 0 unspecified atom stereocenters. The van der Waals surface area contributed by atoms with Crippen molar-refractivity contribution in [2.45, 2.75) is 78.6 Å². The molecule has 0 aliphatic rings. The van der Waals surface area contributed by atoms with Crippen LogP contribution in [0.1, 0.15) is 76.2 Å². The van der Waals surface area contributed by atoms with Gasteiger partial charge in [-0.05, 0) is 44.1 Å². The second kappa shape index (κ2) is 9.07. The van der Waals surface area contributed by atoms with Crippen LogP contribution in [0.3, 0.4) is 0 Å². The van der Waals surface area contributed by atoms with Crippen molar-refractivity contribution in [3.8, 4) is 0 Å². The van der Waals surface area contributed by atoms with Gasteiger partial charge in [-0.15, -0.1) is 0 Å². The fourth-order valence-corrected chi connectivity index (χ4v) is 2.19. The Morgan fingerprint density at radius 2 is 1.17 bits per heavy atom. The predicted octanol–water partition coefficient (Wildman–Crippen LogP) is 4.30. The van der Waals surface area contributed by atoms with Crippen LogP contribution in [0, 0.1) is 6.33 Å². The van der Waals surface area contributed by atoms with Crippen LogP contribution < -0.4 is 0 Å². The van der Waals surface area contributed by atoms with Crippen LogP contribution in [0.15, 0.2) is 0 Å². The minimum atomic E-state index is 1.09. The fraction of sp³-hybridized carbons (Fsp3) is 0.750. The first-order valence-electron chi connectivity index (χ1n) is 7.58. The smallest absolute Gasteiger partial charge is 0.198 e. The number of aryl methyl sites for hydroxylation is 2. The van der Waals surface area contributed by atoms with E-state index in [0.717, 1.165) is 19.3 Å². The van der Waals surface area contributed by atoms with Gasteiger partial charge in [0.25, 0.3) is 0 Å². The molecule has 0 saturated carbocycles. The standard InChI is InChI=1S/C16H27N2/c1-4-7-10-14-15(11-8-5-2)17-13-18-16(14)12-9-6-3/h4-12H2,1-3H3. The summed E-state index contributed by atoms with van der Waals surface area (Å²) in [4.78, 5) is 8.80. The topological polar surface area (TPSA) is 25.8 Å². The summed E-state index contributed by atoms with van der Waals surface area (Å²) >= 11 is 0. The van der Waals surface area contributed by atoms with Crippen LogP contribution in [0.5, 0.6) is 0 Å². The zero-order valence-corrected chi connectivity index (χ0v) is 12.3. The number of nitrogens with zero attached hydrogens (tertiary/aromatic N) is 2. The van der Waals surface area contributed by atoms with Crippen molar-refractivity contribution >= 4 is 0 Å². The first kappa shape index (κ1) is 15.1. The molecule has 0 N–H and O–H groups in total. The number of hydrogen-bond donors (Lipinski definition) is 0. The molecule has 18 heavy (non-hydrogen) atoms. The summed E-state index contributed by atoms with van der Waals surface area (Å²) < 4.78 is 0. The molecule has 0 saturated heterocycles. The van der Waals surface area contributed by atoms with Gasteiger partial charge in [0, 0.05) is 11.4 Å². The van der Waals surface area contributed by atoms with Gasteiger partial charge in [-0.25, -0.2) is 9.97 Å². The monoisotopic (exact) mass is 247 g/mol. The molecule has 1 aromatic heterocycles. The Morgan fingerprint density at radius 1 is 0.722 bits per heavy atom. The van der Waals surface area contributed by atoms with Crippen LogP contribution in [0.2, 0.25) is 0 Å². The van der Waals surface area contributed by atoms with Crippen molar-refractivity contribution in [3.63, 3.8) is 0 Å². The zero-order chi connectivity index (χ0) is 13.2. The van der Waals surface area contributed by atoms with E-state index in [1.54, 1.807) is 0 Å². The van der Waals surface area contributed by atoms with Crippen molar-refractivity contribution in [3.05, 3.63) is 23.3 Å².